The summed E-state index contributed by atoms with van der Waals surface area (Å²) in [5, 5.41) is 27.4. The van der Waals surface area contributed by atoms with Gasteiger partial charge in [0.05, 0.1) is 17.2 Å². The number of nitro groups is 1. The number of aromatic nitrogens is 1. The molecule has 0 unspecified atom stereocenters. The van der Waals surface area contributed by atoms with Crippen LogP contribution in [0.4, 0.5) is 21.5 Å². The number of anilines is 1. The number of likely N-dealkylation sites (N-methyl/N-ethyl adjacent to an activating group) is 1. The molecule has 1 aromatic heterocycles. The quantitative estimate of drug-likeness (QED) is 0.282. The topological polar surface area (TPSA) is 131 Å². The first-order chi connectivity index (χ1) is 12.9. The number of hydrogen-bond donors (Lipinski definition) is 1. The van der Waals surface area contributed by atoms with Crippen LogP contribution in [0.5, 0.6) is 0 Å². The Labute approximate surface area is 159 Å². The maximum absolute atomic E-state index is 10.7. The molecule has 0 fully saturated rings. The Morgan fingerprint density at radius 1 is 1.44 bits per heavy atom. The lowest BCUT2D eigenvalue weighted by Crippen LogP contribution is -2.27. The summed E-state index contributed by atoms with van der Waals surface area (Å²) in [6.45, 7) is 5.17. The Balaban J connectivity index is 2.03. The van der Waals surface area contributed by atoms with E-state index in [1.807, 2.05) is 26.0 Å². The summed E-state index contributed by atoms with van der Waals surface area (Å²) in [4.78, 5) is 26.5. The Morgan fingerprint density at radius 2 is 2.22 bits per heavy atom. The van der Waals surface area contributed by atoms with E-state index in [1.54, 1.807) is 6.07 Å². The Kier molecular flexibility index (Phi) is 7.32. The van der Waals surface area contributed by atoms with Crippen LogP contribution >= 0.6 is 11.3 Å². The summed E-state index contributed by atoms with van der Waals surface area (Å²) in [7, 11) is 0. The lowest BCUT2D eigenvalue weighted by atomic mass is 10.1. The third-order valence-electron chi connectivity index (χ3n) is 3.56. The number of rotatable bonds is 10. The van der Waals surface area contributed by atoms with Gasteiger partial charge in [-0.2, -0.15) is 0 Å². The van der Waals surface area contributed by atoms with Gasteiger partial charge in [0.25, 0.3) is 0 Å². The van der Waals surface area contributed by atoms with E-state index in [9.17, 15) is 14.9 Å². The van der Waals surface area contributed by atoms with Gasteiger partial charge in [-0.1, -0.05) is 0 Å². The molecule has 0 bridgehead atoms. The Bertz CT molecular complexity index is 838. The van der Waals surface area contributed by atoms with Crippen molar-refractivity contribution in [2.24, 2.45) is 10.2 Å². The molecule has 0 spiro atoms. The van der Waals surface area contributed by atoms with Gasteiger partial charge < -0.3 is 14.7 Å². The number of azo groups is 1. The first kappa shape index (κ1) is 20.4. The number of carbonyl (C=O) groups is 1. The molecule has 0 aliphatic heterocycles. The number of aliphatic carboxylic acids is 1. The SMILES string of the molecule is CCN(CCOCC(=O)O)c1ccc(N=Nc2ncc([N+](=O)[O-])s2)c(C)c1. The molecule has 144 valence electrons. The highest BCUT2D eigenvalue weighted by Crippen LogP contribution is 2.30. The number of nitrogens with zero attached hydrogens (tertiary/aromatic N) is 5. The molecule has 1 heterocycles. The second-order valence-corrected chi connectivity index (χ2v) is 6.42. The van der Waals surface area contributed by atoms with Gasteiger partial charge in [0.2, 0.25) is 5.13 Å². The molecule has 1 aromatic carbocycles. The van der Waals surface area contributed by atoms with Gasteiger partial charge >= 0.3 is 11.0 Å². The predicted octanol–water partition coefficient (Wildman–Crippen LogP) is 3.70. The average Bonchev–Trinajstić information content (AvgIpc) is 3.10. The fraction of sp³-hybridized carbons (Fsp3) is 0.375. The van der Waals surface area contributed by atoms with Crippen LogP contribution in [0, 0.1) is 17.0 Å². The Hall–Kier alpha value is -2.92. The summed E-state index contributed by atoms with van der Waals surface area (Å²) in [6, 6.07) is 5.63. The number of thiazole rings is 1. The molecular formula is C16H19N5O5S. The largest absolute Gasteiger partial charge is 0.480 e. The fourth-order valence-corrected chi connectivity index (χ4v) is 2.79. The number of carboxylic acids is 1. The van der Waals surface area contributed by atoms with E-state index in [4.69, 9.17) is 9.84 Å². The molecule has 0 amide bonds. The molecule has 1 N–H and O–H groups in total. The predicted molar refractivity (Wildman–Crippen MR) is 100 cm³/mol. The minimum atomic E-state index is -0.992. The molecule has 0 saturated heterocycles. The fourth-order valence-electron chi connectivity index (χ4n) is 2.24. The molecule has 27 heavy (non-hydrogen) atoms. The van der Waals surface area contributed by atoms with Crippen molar-refractivity contribution in [2.45, 2.75) is 13.8 Å². The van der Waals surface area contributed by atoms with Crippen molar-refractivity contribution in [3.8, 4) is 0 Å². The van der Waals surface area contributed by atoms with E-state index >= 15 is 0 Å². The third kappa shape index (κ3) is 6.08. The Morgan fingerprint density at radius 3 is 2.81 bits per heavy atom. The zero-order valence-electron chi connectivity index (χ0n) is 14.9. The summed E-state index contributed by atoms with van der Waals surface area (Å²) in [5.41, 5.74) is 2.47. The normalized spacial score (nSPS) is 11.0. The zero-order chi connectivity index (χ0) is 19.8. The molecule has 0 saturated carbocycles. The summed E-state index contributed by atoms with van der Waals surface area (Å²) >= 11 is 0.856. The van der Waals surface area contributed by atoms with Crippen LogP contribution in [-0.2, 0) is 9.53 Å². The van der Waals surface area contributed by atoms with Gasteiger partial charge in [0.15, 0.2) is 0 Å². The maximum Gasteiger partial charge on any atom is 0.345 e. The summed E-state index contributed by atoms with van der Waals surface area (Å²) < 4.78 is 5.08. The van der Waals surface area contributed by atoms with E-state index in [0.717, 1.165) is 35.3 Å². The number of benzene rings is 1. The van der Waals surface area contributed by atoms with Crippen LogP contribution in [0.3, 0.4) is 0 Å². The zero-order valence-corrected chi connectivity index (χ0v) is 15.7. The minimum Gasteiger partial charge on any atom is -0.480 e. The highest BCUT2D eigenvalue weighted by atomic mass is 32.1. The van der Waals surface area contributed by atoms with Crippen molar-refractivity contribution in [1.82, 2.24) is 4.98 Å². The molecule has 10 nitrogen and oxygen atoms in total. The van der Waals surface area contributed by atoms with Crippen LogP contribution in [0.15, 0.2) is 34.6 Å². The van der Waals surface area contributed by atoms with Crippen molar-refractivity contribution < 1.29 is 19.6 Å². The van der Waals surface area contributed by atoms with Crippen LogP contribution in [-0.4, -0.2) is 47.3 Å². The lowest BCUT2D eigenvalue weighted by Gasteiger charge is -2.23. The minimum absolute atomic E-state index is 0.0836. The van der Waals surface area contributed by atoms with Crippen LogP contribution in [0.2, 0.25) is 0 Å². The van der Waals surface area contributed by atoms with E-state index in [2.05, 4.69) is 20.1 Å². The highest BCUT2D eigenvalue weighted by Gasteiger charge is 2.11. The monoisotopic (exact) mass is 393 g/mol. The van der Waals surface area contributed by atoms with Gasteiger partial charge in [0, 0.05) is 18.8 Å². The first-order valence-electron chi connectivity index (χ1n) is 8.07. The number of ether oxygens (including phenoxy) is 1. The van der Waals surface area contributed by atoms with E-state index in [1.165, 1.54) is 0 Å². The molecule has 0 atom stereocenters. The molecule has 0 aliphatic rings. The van der Waals surface area contributed by atoms with E-state index in [-0.39, 0.29) is 16.7 Å². The van der Waals surface area contributed by atoms with Crippen LogP contribution in [0.25, 0.3) is 0 Å². The highest BCUT2D eigenvalue weighted by molar-refractivity contribution is 7.18. The van der Waals surface area contributed by atoms with Gasteiger partial charge in [-0.3, -0.25) is 10.1 Å². The second-order valence-electron chi connectivity index (χ2n) is 5.43. The third-order valence-corrected chi connectivity index (χ3v) is 4.40. The maximum atomic E-state index is 10.7. The lowest BCUT2D eigenvalue weighted by molar-refractivity contribution is -0.380. The molecule has 0 aliphatic carbocycles. The van der Waals surface area contributed by atoms with Crippen molar-refractivity contribution >= 4 is 38.8 Å². The summed E-state index contributed by atoms with van der Waals surface area (Å²) in [5.74, 6) is -0.992. The molecule has 2 aromatic rings. The summed E-state index contributed by atoms with van der Waals surface area (Å²) in [6.07, 6.45) is 1.15. The smallest absolute Gasteiger partial charge is 0.345 e. The van der Waals surface area contributed by atoms with Crippen molar-refractivity contribution in [2.75, 3.05) is 31.2 Å². The second kappa shape index (κ2) is 9.69. The van der Waals surface area contributed by atoms with E-state index < -0.39 is 10.9 Å². The van der Waals surface area contributed by atoms with Crippen LogP contribution < -0.4 is 4.90 Å². The van der Waals surface area contributed by atoms with Crippen molar-refractivity contribution in [3.05, 3.63) is 40.1 Å². The van der Waals surface area contributed by atoms with Crippen LogP contribution in [0.1, 0.15) is 12.5 Å². The van der Waals surface area contributed by atoms with Gasteiger partial charge in [-0.15, -0.1) is 10.2 Å². The number of carboxylic acid groups (broad SMARTS) is 1. The van der Waals surface area contributed by atoms with Gasteiger partial charge in [0.1, 0.15) is 12.8 Å². The number of aryl methyl sites for hydroxylation is 1. The molecule has 2 rings (SSSR count). The number of hydrogen-bond acceptors (Lipinski definition) is 9. The van der Waals surface area contributed by atoms with E-state index in [0.29, 0.717) is 18.8 Å². The van der Waals surface area contributed by atoms with Gasteiger partial charge in [-0.05, 0) is 48.9 Å². The molecule has 11 heteroatoms. The van der Waals surface area contributed by atoms with Crippen molar-refractivity contribution in [3.63, 3.8) is 0 Å². The van der Waals surface area contributed by atoms with Crippen molar-refractivity contribution in [1.29, 1.82) is 0 Å². The standard InChI is InChI=1S/C16H19N5O5S/c1-3-20(6-7-26-10-15(22)23)12-4-5-13(11(2)8-12)18-19-16-17-9-14(27-16)21(24)25/h4-5,8-9H,3,6-7,10H2,1-2H3,(H,22,23). The first-order valence-corrected chi connectivity index (χ1v) is 8.89. The molecule has 0 radical (unpaired) electrons. The molecular weight excluding hydrogens is 374 g/mol. The average molecular weight is 393 g/mol. The van der Waals surface area contributed by atoms with Gasteiger partial charge in [-0.25, -0.2) is 9.78 Å².